The van der Waals surface area contributed by atoms with Crippen molar-refractivity contribution in [2.24, 2.45) is 0 Å². The lowest BCUT2D eigenvalue weighted by Crippen LogP contribution is -2.38. The van der Waals surface area contributed by atoms with E-state index in [4.69, 9.17) is 0 Å². The molecule has 1 saturated heterocycles. The van der Waals surface area contributed by atoms with Gasteiger partial charge in [0, 0.05) is 35.7 Å². The van der Waals surface area contributed by atoms with Crippen molar-refractivity contribution >= 4 is 39.9 Å². The van der Waals surface area contributed by atoms with Crippen LogP contribution in [0.1, 0.15) is 28.5 Å². The Morgan fingerprint density at radius 2 is 1.96 bits per heavy atom. The first-order valence-electron chi connectivity index (χ1n) is 9.78. The van der Waals surface area contributed by atoms with Gasteiger partial charge in [-0.25, -0.2) is 4.98 Å². The summed E-state index contributed by atoms with van der Waals surface area (Å²) in [4.78, 5) is 19.6. The van der Waals surface area contributed by atoms with Gasteiger partial charge in [0.2, 0.25) is 0 Å². The number of pyridine rings is 1. The van der Waals surface area contributed by atoms with Gasteiger partial charge < -0.3 is 10.2 Å². The number of aryl methyl sites for hydroxylation is 2. The minimum absolute atomic E-state index is 0.0214. The molecule has 1 aromatic heterocycles. The summed E-state index contributed by atoms with van der Waals surface area (Å²) >= 11 is 1.90. The van der Waals surface area contributed by atoms with Crippen LogP contribution >= 0.6 is 11.8 Å². The molecule has 28 heavy (non-hydrogen) atoms. The van der Waals surface area contributed by atoms with Crippen molar-refractivity contribution in [1.29, 1.82) is 0 Å². The van der Waals surface area contributed by atoms with E-state index >= 15 is 0 Å². The number of aromatic nitrogens is 1. The maximum Gasteiger partial charge on any atom is 0.272 e. The largest absolute Gasteiger partial charge is 0.355 e. The number of nitrogens with zero attached hydrogens (tertiary/aromatic N) is 2. The molecule has 144 valence electrons. The fraction of sp³-hybridized carbons (Fsp3) is 0.304. The highest BCUT2D eigenvalue weighted by molar-refractivity contribution is 7.99. The molecule has 1 fully saturated rings. The monoisotopic (exact) mass is 391 g/mol. The molecule has 0 saturated carbocycles. The number of amides is 1. The van der Waals surface area contributed by atoms with Gasteiger partial charge in [-0.3, -0.25) is 4.79 Å². The third-order valence-electron chi connectivity index (χ3n) is 5.10. The molecule has 1 aliphatic rings. The first-order valence-corrected chi connectivity index (χ1v) is 10.9. The lowest BCUT2D eigenvalue weighted by molar-refractivity contribution is 0.0767. The second-order valence-electron chi connectivity index (χ2n) is 7.16. The molecule has 1 aliphatic heterocycles. The Hall–Kier alpha value is -2.53. The Morgan fingerprint density at radius 3 is 2.75 bits per heavy atom. The number of fused-ring (bicyclic) bond motifs is 1. The third kappa shape index (κ3) is 3.99. The van der Waals surface area contributed by atoms with Crippen LogP contribution in [-0.4, -0.2) is 40.4 Å². The van der Waals surface area contributed by atoms with Gasteiger partial charge in [-0.1, -0.05) is 30.7 Å². The smallest absolute Gasteiger partial charge is 0.272 e. The summed E-state index contributed by atoms with van der Waals surface area (Å²) in [6, 6.07) is 16.5. The molecular formula is C23H25N3OS. The summed E-state index contributed by atoms with van der Waals surface area (Å²) in [6.45, 7) is 5.81. The van der Waals surface area contributed by atoms with Gasteiger partial charge in [0.1, 0.15) is 5.69 Å². The van der Waals surface area contributed by atoms with E-state index in [1.165, 1.54) is 11.1 Å². The zero-order valence-corrected chi connectivity index (χ0v) is 17.2. The number of hydrogen-bond donors (Lipinski definition) is 1. The Bertz CT molecular complexity index is 1010. The number of nitrogens with one attached hydrogen (secondary N) is 1. The zero-order chi connectivity index (χ0) is 19.5. The number of thioether (sulfide) groups is 1. The summed E-state index contributed by atoms with van der Waals surface area (Å²) in [7, 11) is 0. The second kappa shape index (κ2) is 8.23. The highest BCUT2D eigenvalue weighted by Gasteiger charge is 2.21. The highest BCUT2D eigenvalue weighted by Crippen LogP contribution is 2.28. The number of benzene rings is 2. The SMILES string of the molecule is CCc1cccc(Nc2cc(C(=O)N3CCSCC3)nc3ccc(C)cc23)c1. The Kier molecular flexibility index (Phi) is 5.53. The van der Waals surface area contributed by atoms with Crippen LogP contribution in [0.25, 0.3) is 10.9 Å². The summed E-state index contributed by atoms with van der Waals surface area (Å²) in [5.74, 6) is 2.01. The minimum atomic E-state index is 0.0214. The predicted octanol–water partition coefficient (Wildman–Crippen LogP) is 5.04. The fourth-order valence-electron chi connectivity index (χ4n) is 3.51. The van der Waals surface area contributed by atoms with Gasteiger partial charge in [0.05, 0.1) is 11.2 Å². The maximum atomic E-state index is 13.0. The molecule has 0 bridgehead atoms. The highest BCUT2D eigenvalue weighted by atomic mass is 32.2. The van der Waals surface area contributed by atoms with Gasteiger partial charge >= 0.3 is 0 Å². The van der Waals surface area contributed by atoms with Gasteiger partial charge in [-0.15, -0.1) is 0 Å². The van der Waals surface area contributed by atoms with Crippen LogP contribution in [0, 0.1) is 6.92 Å². The molecule has 0 aliphatic carbocycles. The first-order chi connectivity index (χ1) is 13.6. The van der Waals surface area contributed by atoms with E-state index < -0.39 is 0 Å². The minimum Gasteiger partial charge on any atom is -0.355 e. The molecule has 4 nitrogen and oxygen atoms in total. The molecule has 3 aromatic rings. The third-order valence-corrected chi connectivity index (χ3v) is 6.04. The van der Waals surface area contributed by atoms with Crippen LogP contribution in [0.4, 0.5) is 11.4 Å². The van der Waals surface area contributed by atoms with Gasteiger partial charge in [-0.05, 0) is 49.2 Å². The molecule has 0 atom stereocenters. The van der Waals surface area contributed by atoms with Crippen LogP contribution in [0.3, 0.4) is 0 Å². The van der Waals surface area contributed by atoms with Crippen LogP contribution < -0.4 is 5.32 Å². The molecule has 1 amide bonds. The van der Waals surface area contributed by atoms with E-state index in [0.717, 1.165) is 53.3 Å². The van der Waals surface area contributed by atoms with E-state index in [1.54, 1.807) is 0 Å². The molecule has 0 spiro atoms. The summed E-state index contributed by atoms with van der Waals surface area (Å²) < 4.78 is 0. The van der Waals surface area contributed by atoms with Crippen LogP contribution in [-0.2, 0) is 6.42 Å². The summed E-state index contributed by atoms with van der Waals surface area (Å²) in [5, 5.41) is 4.57. The van der Waals surface area contributed by atoms with Crippen molar-refractivity contribution in [3.63, 3.8) is 0 Å². The van der Waals surface area contributed by atoms with Crippen molar-refractivity contribution in [2.75, 3.05) is 29.9 Å². The van der Waals surface area contributed by atoms with Crippen LogP contribution in [0.2, 0.25) is 0 Å². The van der Waals surface area contributed by atoms with E-state index in [0.29, 0.717) is 5.69 Å². The Balaban J connectivity index is 1.76. The van der Waals surface area contributed by atoms with E-state index in [-0.39, 0.29) is 5.91 Å². The molecular weight excluding hydrogens is 366 g/mol. The molecule has 1 N–H and O–H groups in total. The maximum absolute atomic E-state index is 13.0. The normalized spacial score (nSPS) is 14.3. The van der Waals surface area contributed by atoms with Crippen molar-refractivity contribution in [2.45, 2.75) is 20.3 Å². The fourth-order valence-corrected chi connectivity index (χ4v) is 4.41. The Labute approximate surface area is 170 Å². The molecule has 0 radical (unpaired) electrons. The van der Waals surface area contributed by atoms with Gasteiger partial charge in [0.25, 0.3) is 5.91 Å². The number of carbonyl (C=O) groups excluding carboxylic acids is 1. The quantitative estimate of drug-likeness (QED) is 0.677. The van der Waals surface area contributed by atoms with E-state index in [1.807, 2.05) is 34.9 Å². The predicted molar refractivity (Wildman–Crippen MR) is 119 cm³/mol. The van der Waals surface area contributed by atoms with Crippen molar-refractivity contribution < 1.29 is 4.79 Å². The number of anilines is 2. The van der Waals surface area contributed by atoms with Crippen molar-refractivity contribution in [3.8, 4) is 0 Å². The van der Waals surface area contributed by atoms with Crippen molar-refractivity contribution in [1.82, 2.24) is 9.88 Å². The molecule has 5 heteroatoms. The average Bonchev–Trinajstić information content (AvgIpc) is 2.74. The van der Waals surface area contributed by atoms with E-state index in [2.05, 4.69) is 54.5 Å². The first kappa shape index (κ1) is 18.8. The van der Waals surface area contributed by atoms with E-state index in [9.17, 15) is 4.79 Å². The number of rotatable bonds is 4. The number of carbonyl (C=O) groups is 1. The molecule has 2 heterocycles. The summed E-state index contributed by atoms with van der Waals surface area (Å²) in [5.41, 5.74) is 5.76. The van der Waals surface area contributed by atoms with Gasteiger partial charge in [0.15, 0.2) is 0 Å². The Morgan fingerprint density at radius 1 is 1.14 bits per heavy atom. The number of hydrogen-bond acceptors (Lipinski definition) is 4. The molecule has 0 unspecified atom stereocenters. The average molecular weight is 392 g/mol. The molecule has 2 aromatic carbocycles. The van der Waals surface area contributed by atoms with Crippen LogP contribution in [0.5, 0.6) is 0 Å². The lowest BCUT2D eigenvalue weighted by atomic mass is 10.1. The topological polar surface area (TPSA) is 45.2 Å². The second-order valence-corrected chi connectivity index (χ2v) is 8.38. The van der Waals surface area contributed by atoms with Crippen molar-refractivity contribution in [3.05, 3.63) is 65.4 Å². The van der Waals surface area contributed by atoms with Crippen LogP contribution in [0.15, 0.2) is 48.5 Å². The zero-order valence-electron chi connectivity index (χ0n) is 16.4. The standard InChI is InChI=1S/C23H25N3OS/c1-3-17-5-4-6-18(14-17)24-21-15-22(23(27)26-9-11-28-12-10-26)25-20-8-7-16(2)13-19(20)21/h4-8,13-15H,3,9-12H2,1-2H3,(H,24,25). The molecule has 4 rings (SSSR count). The lowest BCUT2D eigenvalue weighted by Gasteiger charge is -2.26. The summed E-state index contributed by atoms with van der Waals surface area (Å²) in [6.07, 6.45) is 0.989. The van der Waals surface area contributed by atoms with Gasteiger partial charge in [-0.2, -0.15) is 11.8 Å².